The fourth-order valence-corrected chi connectivity index (χ4v) is 2.70. The first kappa shape index (κ1) is 25.2. The summed E-state index contributed by atoms with van der Waals surface area (Å²) in [5.41, 5.74) is 4.46. The molecule has 1 aromatic carbocycles. The first-order valence-electron chi connectivity index (χ1n) is 9.60. The Morgan fingerprint density at radius 1 is 1.30 bits per heavy atom. The highest BCUT2D eigenvalue weighted by Crippen LogP contribution is 2.31. The number of esters is 1. The normalized spacial score (nSPS) is 11.8. The van der Waals surface area contributed by atoms with Gasteiger partial charge in [0.15, 0.2) is 11.4 Å². The van der Waals surface area contributed by atoms with Gasteiger partial charge in [-0.3, -0.25) is 9.59 Å². The Labute approximate surface area is 186 Å². The number of carbonyl (C=O) groups is 2. The number of nitrogen functional groups attached to an aromatic ring is 1. The van der Waals surface area contributed by atoms with Crippen LogP contribution in [0.4, 0.5) is 30.6 Å². The monoisotopic (exact) mass is 466 g/mol. The molecule has 1 amide bonds. The average Bonchev–Trinajstić information content (AvgIpc) is 2.76. The quantitative estimate of drug-likeness (QED) is 0.474. The van der Waals surface area contributed by atoms with Crippen LogP contribution in [0.5, 0.6) is 5.88 Å². The van der Waals surface area contributed by atoms with E-state index < -0.39 is 29.7 Å². The number of amides is 1. The SMILES string of the molecule is CCOc1nc(N)nc(N[C@@H](CCC(=O)OC)C(=O)Nc2cccc(C(F)(F)F)c2)c1C#N. The van der Waals surface area contributed by atoms with Crippen molar-refractivity contribution < 1.29 is 32.2 Å². The van der Waals surface area contributed by atoms with Gasteiger partial charge in [-0.05, 0) is 31.5 Å². The van der Waals surface area contributed by atoms with Crippen molar-refractivity contribution in [3.05, 3.63) is 35.4 Å². The molecule has 2 rings (SSSR count). The molecule has 13 heteroatoms. The van der Waals surface area contributed by atoms with E-state index in [9.17, 15) is 28.0 Å². The molecule has 10 nitrogen and oxygen atoms in total. The topological polar surface area (TPSA) is 152 Å². The molecule has 0 aliphatic heterocycles. The number of alkyl halides is 3. The molecule has 4 N–H and O–H groups in total. The maximum absolute atomic E-state index is 13.0. The highest BCUT2D eigenvalue weighted by molar-refractivity contribution is 5.97. The lowest BCUT2D eigenvalue weighted by Crippen LogP contribution is -2.36. The summed E-state index contributed by atoms with van der Waals surface area (Å²) in [5.74, 6) is -1.89. The van der Waals surface area contributed by atoms with E-state index in [4.69, 9.17) is 10.5 Å². The van der Waals surface area contributed by atoms with Crippen LogP contribution >= 0.6 is 0 Å². The molecule has 0 aliphatic rings. The van der Waals surface area contributed by atoms with Gasteiger partial charge >= 0.3 is 12.1 Å². The summed E-state index contributed by atoms with van der Waals surface area (Å²) in [4.78, 5) is 32.2. The molecule has 1 heterocycles. The van der Waals surface area contributed by atoms with E-state index >= 15 is 0 Å². The van der Waals surface area contributed by atoms with Crippen molar-refractivity contribution >= 4 is 29.3 Å². The molecule has 0 radical (unpaired) electrons. The van der Waals surface area contributed by atoms with E-state index in [1.54, 1.807) is 6.92 Å². The van der Waals surface area contributed by atoms with Crippen LogP contribution in [-0.4, -0.2) is 41.6 Å². The van der Waals surface area contributed by atoms with Crippen molar-refractivity contribution in [3.63, 3.8) is 0 Å². The Balaban J connectivity index is 2.35. The Morgan fingerprint density at radius 2 is 2.03 bits per heavy atom. The maximum Gasteiger partial charge on any atom is 0.416 e. The number of halogens is 3. The van der Waals surface area contributed by atoms with Gasteiger partial charge in [0.1, 0.15) is 12.1 Å². The van der Waals surface area contributed by atoms with Crippen molar-refractivity contribution in [2.45, 2.75) is 32.0 Å². The Hall–Kier alpha value is -4.08. The largest absolute Gasteiger partial charge is 0.477 e. The third kappa shape index (κ3) is 6.96. The van der Waals surface area contributed by atoms with E-state index in [0.29, 0.717) is 0 Å². The number of methoxy groups -OCH3 is 1. The summed E-state index contributed by atoms with van der Waals surface area (Å²) in [7, 11) is 1.17. The van der Waals surface area contributed by atoms with E-state index in [1.807, 2.05) is 6.07 Å². The molecule has 0 saturated heterocycles. The number of anilines is 3. The number of carbonyl (C=O) groups excluding carboxylic acids is 2. The predicted octanol–water partition coefficient (Wildman–Crippen LogP) is 2.72. The number of aromatic nitrogens is 2. The fourth-order valence-electron chi connectivity index (χ4n) is 2.70. The highest BCUT2D eigenvalue weighted by atomic mass is 19.4. The fraction of sp³-hybridized carbons (Fsp3) is 0.350. The van der Waals surface area contributed by atoms with Crippen molar-refractivity contribution in [3.8, 4) is 11.9 Å². The third-order valence-electron chi connectivity index (χ3n) is 4.24. The molecule has 0 aliphatic carbocycles. The molecule has 0 unspecified atom stereocenters. The van der Waals surface area contributed by atoms with Crippen LogP contribution in [0.15, 0.2) is 24.3 Å². The smallest absolute Gasteiger partial charge is 0.416 e. The second kappa shape index (κ2) is 11.0. The lowest BCUT2D eigenvalue weighted by Gasteiger charge is -2.20. The van der Waals surface area contributed by atoms with Crippen LogP contribution in [0.2, 0.25) is 0 Å². The molecule has 1 aromatic heterocycles. The number of nitrogens with zero attached hydrogens (tertiary/aromatic N) is 3. The number of nitriles is 1. The first-order valence-corrected chi connectivity index (χ1v) is 9.60. The molecular weight excluding hydrogens is 445 g/mol. The second-order valence-electron chi connectivity index (χ2n) is 6.53. The van der Waals surface area contributed by atoms with Gasteiger partial charge in [-0.25, -0.2) is 0 Å². The van der Waals surface area contributed by atoms with Crippen molar-refractivity contribution in [1.29, 1.82) is 5.26 Å². The van der Waals surface area contributed by atoms with Gasteiger partial charge in [0.05, 0.1) is 19.3 Å². The molecule has 0 bridgehead atoms. The molecule has 33 heavy (non-hydrogen) atoms. The Bertz CT molecular complexity index is 1060. The molecule has 0 fully saturated rings. The zero-order chi connectivity index (χ0) is 24.6. The van der Waals surface area contributed by atoms with E-state index in [2.05, 4.69) is 25.3 Å². The lowest BCUT2D eigenvalue weighted by molar-refractivity contribution is -0.141. The summed E-state index contributed by atoms with van der Waals surface area (Å²) in [6, 6.07) is 4.71. The van der Waals surface area contributed by atoms with E-state index in [-0.39, 0.29) is 48.3 Å². The second-order valence-corrected chi connectivity index (χ2v) is 6.53. The van der Waals surface area contributed by atoms with Gasteiger partial charge < -0.3 is 25.8 Å². The summed E-state index contributed by atoms with van der Waals surface area (Å²) in [6.45, 7) is 1.83. The number of hydrogen-bond donors (Lipinski definition) is 3. The number of hydrogen-bond acceptors (Lipinski definition) is 9. The van der Waals surface area contributed by atoms with Crippen LogP contribution in [0.25, 0.3) is 0 Å². The first-order chi connectivity index (χ1) is 15.6. The number of rotatable bonds is 9. The minimum atomic E-state index is -4.60. The number of ether oxygens (including phenoxy) is 2. The summed E-state index contributed by atoms with van der Waals surface area (Å²) < 4.78 is 48.8. The zero-order valence-corrected chi connectivity index (χ0v) is 17.7. The van der Waals surface area contributed by atoms with Gasteiger partial charge in [-0.2, -0.15) is 28.4 Å². The Morgan fingerprint density at radius 3 is 2.64 bits per heavy atom. The number of nitrogens with two attached hydrogens (primary N) is 1. The minimum Gasteiger partial charge on any atom is -0.477 e. The van der Waals surface area contributed by atoms with Gasteiger partial charge in [0, 0.05) is 12.1 Å². The minimum absolute atomic E-state index is 0.111. The van der Waals surface area contributed by atoms with Crippen LogP contribution in [0.3, 0.4) is 0 Å². The molecular formula is C20H21F3N6O4. The number of nitrogens with one attached hydrogen (secondary N) is 2. The van der Waals surface area contributed by atoms with Crippen molar-refractivity contribution in [2.24, 2.45) is 0 Å². The highest BCUT2D eigenvalue weighted by Gasteiger charge is 2.31. The summed E-state index contributed by atoms with van der Waals surface area (Å²) in [5, 5.41) is 14.6. The Kier molecular flexibility index (Phi) is 8.38. The molecule has 0 saturated carbocycles. The molecule has 1 atom stereocenters. The van der Waals surface area contributed by atoms with Gasteiger partial charge in [-0.1, -0.05) is 6.07 Å². The van der Waals surface area contributed by atoms with Crippen LogP contribution < -0.4 is 21.1 Å². The van der Waals surface area contributed by atoms with Gasteiger partial charge in [-0.15, -0.1) is 0 Å². The number of benzene rings is 1. The molecule has 176 valence electrons. The van der Waals surface area contributed by atoms with Crippen LogP contribution in [0, 0.1) is 11.3 Å². The van der Waals surface area contributed by atoms with Gasteiger partial charge in [0.2, 0.25) is 17.7 Å². The summed E-state index contributed by atoms with van der Waals surface area (Å²) in [6.07, 6.45) is -4.93. The van der Waals surface area contributed by atoms with Gasteiger partial charge in [0.25, 0.3) is 0 Å². The van der Waals surface area contributed by atoms with Crippen LogP contribution in [0.1, 0.15) is 30.9 Å². The maximum atomic E-state index is 13.0. The van der Waals surface area contributed by atoms with Crippen LogP contribution in [-0.2, 0) is 20.5 Å². The van der Waals surface area contributed by atoms with E-state index in [1.165, 1.54) is 13.2 Å². The van der Waals surface area contributed by atoms with Crippen molar-refractivity contribution in [1.82, 2.24) is 9.97 Å². The lowest BCUT2D eigenvalue weighted by atomic mass is 10.1. The molecule has 2 aromatic rings. The van der Waals surface area contributed by atoms with Crippen molar-refractivity contribution in [2.75, 3.05) is 30.1 Å². The predicted molar refractivity (Wildman–Crippen MR) is 111 cm³/mol. The summed E-state index contributed by atoms with van der Waals surface area (Å²) >= 11 is 0. The molecule has 0 spiro atoms. The van der Waals surface area contributed by atoms with E-state index in [0.717, 1.165) is 18.2 Å². The standard InChI is InChI=1S/C20H21F3N6O4/c1-3-33-18-13(10-24)16(28-19(25)29-18)27-14(7-8-15(30)32-2)17(31)26-12-6-4-5-11(9-12)20(21,22)23/h4-6,9,14H,3,7-8H2,1-2H3,(H,26,31)(H3,25,27,28,29)/t14-/m0/s1. The third-order valence-corrected chi connectivity index (χ3v) is 4.24. The average molecular weight is 466 g/mol. The zero-order valence-electron chi connectivity index (χ0n) is 17.7.